The zero-order valence-corrected chi connectivity index (χ0v) is 14.9. The molecule has 0 amide bonds. The number of H-pyrrole nitrogens is 1. The molecular weight excluding hydrogens is 382 g/mol. The van der Waals surface area contributed by atoms with Crippen molar-refractivity contribution in [3.8, 4) is 22.8 Å². The third-order valence-corrected chi connectivity index (χ3v) is 4.16. The summed E-state index contributed by atoms with van der Waals surface area (Å²) < 4.78 is 57.3. The molecule has 4 nitrogen and oxygen atoms in total. The van der Waals surface area contributed by atoms with Crippen LogP contribution in [-0.4, -0.2) is 27.3 Å². The molecule has 0 unspecified atom stereocenters. The molecule has 1 N–H and O–H groups in total. The van der Waals surface area contributed by atoms with E-state index < -0.39 is 18.3 Å². The number of ether oxygens (including phenoxy) is 1. The van der Waals surface area contributed by atoms with Crippen molar-refractivity contribution in [1.29, 1.82) is 0 Å². The summed E-state index contributed by atoms with van der Waals surface area (Å²) in [7, 11) is 0. The van der Waals surface area contributed by atoms with Crippen LogP contribution in [0.5, 0.6) is 5.75 Å². The molecule has 0 bridgehead atoms. The van der Waals surface area contributed by atoms with Crippen molar-refractivity contribution in [2.45, 2.75) is 25.9 Å². The molecule has 142 valence electrons. The van der Waals surface area contributed by atoms with Crippen LogP contribution in [-0.2, 0) is 6.42 Å². The van der Waals surface area contributed by atoms with Gasteiger partial charge in [-0.25, -0.2) is 0 Å². The molecule has 1 aromatic heterocycles. The van der Waals surface area contributed by atoms with Crippen molar-refractivity contribution in [3.05, 3.63) is 58.9 Å². The first-order valence-corrected chi connectivity index (χ1v) is 8.45. The van der Waals surface area contributed by atoms with E-state index in [-0.39, 0.29) is 0 Å². The molecule has 0 atom stereocenters. The lowest BCUT2D eigenvalue weighted by molar-refractivity contribution is -0.253. The Morgan fingerprint density at radius 1 is 1.19 bits per heavy atom. The number of aromatic nitrogens is 3. The van der Waals surface area contributed by atoms with Gasteiger partial charge in [0, 0.05) is 5.56 Å². The van der Waals surface area contributed by atoms with Crippen molar-refractivity contribution in [2.24, 2.45) is 0 Å². The molecule has 2 aromatic carbocycles. The first kappa shape index (κ1) is 19.1. The van der Waals surface area contributed by atoms with E-state index in [1.54, 1.807) is 10.6 Å². The Kier molecular flexibility index (Phi) is 5.31. The van der Waals surface area contributed by atoms with E-state index in [1.165, 1.54) is 18.2 Å². The van der Waals surface area contributed by atoms with Crippen molar-refractivity contribution < 1.29 is 22.3 Å². The Labute approximate surface area is 157 Å². The summed E-state index contributed by atoms with van der Waals surface area (Å²) in [5.74, 6) is -0.0474. The van der Waals surface area contributed by atoms with Crippen molar-refractivity contribution in [2.75, 3.05) is 0 Å². The Morgan fingerprint density at radius 3 is 2.63 bits per heavy atom. The van der Waals surface area contributed by atoms with Gasteiger partial charge in [-0.2, -0.15) is 22.7 Å². The third kappa shape index (κ3) is 3.87. The predicted molar refractivity (Wildman–Crippen MR) is 95.1 cm³/mol. The molecule has 0 saturated heterocycles. The van der Waals surface area contributed by atoms with E-state index in [0.29, 0.717) is 16.2 Å². The number of aromatic amines is 1. The SMILES string of the molecule is CCc1ccccc1-n1c(-c2cccc(OC(F)(F)C(F)F)c2)n[nH]c1=S. The van der Waals surface area contributed by atoms with E-state index in [0.717, 1.165) is 17.7 Å². The molecule has 0 aliphatic heterocycles. The highest BCUT2D eigenvalue weighted by Crippen LogP contribution is 2.31. The second-order valence-corrected chi connectivity index (χ2v) is 6.05. The molecule has 3 aromatic rings. The number of alkyl halides is 4. The van der Waals surface area contributed by atoms with Gasteiger partial charge in [0.15, 0.2) is 10.6 Å². The number of aryl methyl sites for hydroxylation is 1. The number of nitrogens with one attached hydrogen (secondary N) is 1. The lowest BCUT2D eigenvalue weighted by Gasteiger charge is -2.17. The fourth-order valence-electron chi connectivity index (χ4n) is 2.64. The molecule has 3 rings (SSSR count). The average molecular weight is 397 g/mol. The van der Waals surface area contributed by atoms with Crippen LogP contribution < -0.4 is 4.74 Å². The predicted octanol–water partition coefficient (Wildman–Crippen LogP) is 5.40. The van der Waals surface area contributed by atoms with Gasteiger partial charge in [0.25, 0.3) is 0 Å². The standard InChI is InChI=1S/C18H15F4N3OS/c1-2-11-6-3-4-9-14(11)25-15(23-24-17(25)27)12-7-5-8-13(10-12)26-18(21,22)16(19)20/h3-10,16H,2H2,1H3,(H,24,27). The lowest BCUT2D eigenvalue weighted by Crippen LogP contribution is -2.33. The number of hydrogen-bond acceptors (Lipinski definition) is 3. The van der Waals surface area contributed by atoms with Crippen molar-refractivity contribution in [3.63, 3.8) is 0 Å². The fourth-order valence-corrected chi connectivity index (χ4v) is 2.87. The summed E-state index contributed by atoms with van der Waals surface area (Å²) in [6.45, 7) is 1.99. The number of hydrogen-bond donors (Lipinski definition) is 1. The zero-order valence-electron chi connectivity index (χ0n) is 14.1. The highest BCUT2D eigenvalue weighted by molar-refractivity contribution is 7.71. The van der Waals surface area contributed by atoms with Crippen molar-refractivity contribution >= 4 is 12.2 Å². The molecule has 0 saturated carbocycles. The van der Waals surface area contributed by atoms with Gasteiger partial charge in [-0.3, -0.25) is 9.67 Å². The number of rotatable bonds is 6. The number of nitrogens with zero attached hydrogens (tertiary/aromatic N) is 2. The zero-order chi connectivity index (χ0) is 19.6. The molecule has 0 fully saturated rings. The Balaban J connectivity index is 2.07. The van der Waals surface area contributed by atoms with Gasteiger partial charge in [0.2, 0.25) is 0 Å². The summed E-state index contributed by atoms with van der Waals surface area (Å²) in [5.41, 5.74) is 2.18. The molecule has 0 aliphatic carbocycles. The average Bonchev–Trinajstić information content (AvgIpc) is 3.02. The Morgan fingerprint density at radius 2 is 1.93 bits per heavy atom. The van der Waals surface area contributed by atoms with Gasteiger partial charge in [0.05, 0.1) is 5.69 Å². The highest BCUT2D eigenvalue weighted by atomic mass is 32.1. The molecule has 0 radical (unpaired) electrons. The summed E-state index contributed by atoms with van der Waals surface area (Å²) in [5, 5.41) is 6.84. The smallest absolute Gasteiger partial charge is 0.428 e. The molecule has 9 heteroatoms. The van der Waals surface area contributed by atoms with Crippen LogP contribution in [0.25, 0.3) is 17.1 Å². The van der Waals surface area contributed by atoms with Crippen LogP contribution in [0, 0.1) is 4.77 Å². The van der Waals surface area contributed by atoms with Gasteiger partial charge in [-0.1, -0.05) is 37.3 Å². The minimum atomic E-state index is -4.59. The molecule has 1 heterocycles. The molecule has 27 heavy (non-hydrogen) atoms. The van der Waals surface area contributed by atoms with Crippen LogP contribution in [0.2, 0.25) is 0 Å². The molecule has 0 spiro atoms. The van der Waals surface area contributed by atoms with Crippen molar-refractivity contribution in [1.82, 2.24) is 14.8 Å². The van der Waals surface area contributed by atoms with Crippen LogP contribution in [0.4, 0.5) is 17.6 Å². The normalized spacial score (nSPS) is 11.8. The monoisotopic (exact) mass is 397 g/mol. The van der Waals surface area contributed by atoms with Crippen LogP contribution in [0.15, 0.2) is 48.5 Å². The van der Waals surface area contributed by atoms with E-state index in [4.69, 9.17) is 12.2 Å². The van der Waals surface area contributed by atoms with Gasteiger partial charge in [-0.15, -0.1) is 0 Å². The number of halogens is 4. The fraction of sp³-hybridized carbons (Fsp3) is 0.222. The summed E-state index contributed by atoms with van der Waals surface area (Å²) in [6.07, 6.45) is -7.78. The maximum absolute atomic E-state index is 13.2. The van der Waals surface area contributed by atoms with Crippen LogP contribution >= 0.6 is 12.2 Å². The number of para-hydroxylation sites is 1. The summed E-state index contributed by atoms with van der Waals surface area (Å²) in [4.78, 5) is 0. The van der Waals surface area contributed by atoms with E-state index in [9.17, 15) is 17.6 Å². The topological polar surface area (TPSA) is 42.8 Å². The first-order chi connectivity index (χ1) is 12.8. The highest BCUT2D eigenvalue weighted by Gasteiger charge is 2.44. The van der Waals surface area contributed by atoms with Gasteiger partial charge in [0.1, 0.15) is 5.75 Å². The maximum atomic E-state index is 13.2. The Bertz CT molecular complexity index is 1000. The Hall–Kier alpha value is -2.68. The van der Waals surface area contributed by atoms with Crippen LogP contribution in [0.3, 0.4) is 0 Å². The van der Waals surface area contributed by atoms with E-state index >= 15 is 0 Å². The maximum Gasteiger partial charge on any atom is 0.461 e. The minimum absolute atomic E-state index is 0.315. The number of benzene rings is 2. The first-order valence-electron chi connectivity index (χ1n) is 8.04. The van der Waals surface area contributed by atoms with Gasteiger partial charge < -0.3 is 4.74 Å². The van der Waals surface area contributed by atoms with E-state index in [2.05, 4.69) is 14.9 Å². The third-order valence-electron chi connectivity index (χ3n) is 3.89. The summed E-state index contributed by atoms with van der Waals surface area (Å²) >= 11 is 5.31. The second kappa shape index (κ2) is 7.51. The van der Waals surface area contributed by atoms with E-state index in [1.807, 2.05) is 31.2 Å². The molecular formula is C18H15F4N3OS. The summed E-state index contributed by atoms with van der Waals surface area (Å²) in [6, 6.07) is 12.9. The van der Waals surface area contributed by atoms with Gasteiger partial charge in [-0.05, 0) is 42.4 Å². The minimum Gasteiger partial charge on any atom is -0.428 e. The second-order valence-electron chi connectivity index (χ2n) is 5.66. The lowest BCUT2D eigenvalue weighted by atomic mass is 10.1. The molecule has 0 aliphatic rings. The largest absolute Gasteiger partial charge is 0.461 e. The van der Waals surface area contributed by atoms with Crippen LogP contribution in [0.1, 0.15) is 12.5 Å². The van der Waals surface area contributed by atoms with Gasteiger partial charge >= 0.3 is 12.5 Å². The quantitative estimate of drug-likeness (QED) is 0.448.